The summed E-state index contributed by atoms with van der Waals surface area (Å²) in [6, 6.07) is 8.22. The monoisotopic (exact) mass is 492 g/mol. The van der Waals surface area contributed by atoms with Gasteiger partial charge in [0.2, 0.25) is 0 Å². The van der Waals surface area contributed by atoms with Gasteiger partial charge >= 0.3 is 0 Å². The van der Waals surface area contributed by atoms with Crippen LogP contribution in [0, 0.1) is 0 Å². The minimum atomic E-state index is -0.833. The van der Waals surface area contributed by atoms with E-state index in [9.17, 15) is 19.8 Å². The second-order valence-electron chi connectivity index (χ2n) is 7.58. The molecule has 2 N–H and O–H groups in total. The molecule has 2 aromatic rings. The number of rotatable bonds is 8. The first kappa shape index (κ1) is 24.9. The highest BCUT2D eigenvalue weighted by atomic mass is 35.5. The average Bonchev–Trinajstić information content (AvgIpc) is 3.04. The normalized spacial score (nSPS) is 17.8. The van der Waals surface area contributed by atoms with E-state index < -0.39 is 17.7 Å². The quantitative estimate of drug-likeness (QED) is 0.321. The molecule has 1 atom stereocenters. The van der Waals surface area contributed by atoms with Gasteiger partial charge in [0.15, 0.2) is 5.75 Å². The number of nitrogens with zero attached hydrogens (tertiary/aromatic N) is 2. The van der Waals surface area contributed by atoms with Gasteiger partial charge in [-0.15, -0.1) is 0 Å². The number of likely N-dealkylation sites (N-methyl/N-ethyl adjacent to an activating group) is 1. The van der Waals surface area contributed by atoms with Crippen molar-refractivity contribution in [3.63, 3.8) is 0 Å². The second-order valence-corrected chi connectivity index (χ2v) is 8.40. The van der Waals surface area contributed by atoms with Crippen molar-refractivity contribution in [2.45, 2.75) is 19.9 Å². The van der Waals surface area contributed by atoms with E-state index in [1.54, 1.807) is 12.1 Å². The molecule has 1 amide bonds. The number of ketones is 1. The number of methoxy groups -OCH3 is 1. The Morgan fingerprint density at radius 2 is 1.67 bits per heavy atom. The lowest BCUT2D eigenvalue weighted by molar-refractivity contribution is -0.140. The van der Waals surface area contributed by atoms with Gasteiger partial charge in [0.1, 0.15) is 11.5 Å². The van der Waals surface area contributed by atoms with E-state index in [2.05, 4.69) is 4.90 Å². The fourth-order valence-corrected chi connectivity index (χ4v) is 4.59. The minimum Gasteiger partial charge on any atom is -0.508 e. The van der Waals surface area contributed by atoms with Crippen LogP contribution in [-0.4, -0.2) is 65.0 Å². The Bertz CT molecular complexity index is 1060. The van der Waals surface area contributed by atoms with Crippen LogP contribution in [-0.2, 0) is 9.59 Å². The van der Waals surface area contributed by atoms with Crippen LogP contribution >= 0.6 is 23.2 Å². The van der Waals surface area contributed by atoms with Gasteiger partial charge in [-0.2, -0.15) is 0 Å². The van der Waals surface area contributed by atoms with Gasteiger partial charge in [0, 0.05) is 18.7 Å². The topological polar surface area (TPSA) is 90.3 Å². The molecular weight excluding hydrogens is 467 g/mol. The van der Waals surface area contributed by atoms with Crippen LogP contribution in [0.5, 0.6) is 11.5 Å². The Balaban J connectivity index is 2.14. The van der Waals surface area contributed by atoms with Gasteiger partial charge < -0.3 is 24.7 Å². The van der Waals surface area contributed by atoms with Crippen molar-refractivity contribution in [1.29, 1.82) is 0 Å². The highest BCUT2D eigenvalue weighted by molar-refractivity contribution is 6.46. The first-order valence-corrected chi connectivity index (χ1v) is 11.3. The summed E-state index contributed by atoms with van der Waals surface area (Å²) < 4.78 is 5.15. The number of carbonyl (C=O) groups excluding carboxylic acids is 2. The Morgan fingerprint density at radius 1 is 1.09 bits per heavy atom. The standard InChI is InChI=1S/C24H26Cl2N2O5/c1-4-27(5-2)10-11-28-20(14-6-8-16(29)9-7-14)19(22(31)24(28)32)21(30)15-12-17(25)23(33-3)18(26)13-15/h6-9,12-13,20,29-30H,4-5,10-11H2,1-3H3/b21-19+. The molecule has 1 aliphatic rings. The van der Waals surface area contributed by atoms with Crippen molar-refractivity contribution in [2.24, 2.45) is 0 Å². The number of phenols is 1. The third-order valence-corrected chi connectivity index (χ3v) is 6.34. The molecule has 1 aliphatic heterocycles. The maximum atomic E-state index is 13.1. The van der Waals surface area contributed by atoms with Crippen molar-refractivity contribution in [1.82, 2.24) is 9.80 Å². The van der Waals surface area contributed by atoms with Gasteiger partial charge in [-0.25, -0.2) is 0 Å². The highest BCUT2D eigenvalue weighted by Gasteiger charge is 2.46. The van der Waals surface area contributed by atoms with E-state index in [0.717, 1.165) is 13.1 Å². The lowest BCUT2D eigenvalue weighted by Crippen LogP contribution is -2.38. The number of aliphatic hydroxyl groups excluding tert-OH is 1. The molecule has 1 heterocycles. The number of amides is 1. The Morgan fingerprint density at radius 3 is 2.18 bits per heavy atom. The minimum absolute atomic E-state index is 0.0487. The van der Waals surface area contributed by atoms with Crippen LogP contribution in [0.15, 0.2) is 42.0 Å². The van der Waals surface area contributed by atoms with Crippen LogP contribution in [0.4, 0.5) is 0 Å². The molecule has 176 valence electrons. The van der Waals surface area contributed by atoms with Crippen molar-refractivity contribution in [2.75, 3.05) is 33.3 Å². The Labute approximate surface area is 202 Å². The molecule has 9 heteroatoms. The largest absolute Gasteiger partial charge is 0.508 e. The fraction of sp³-hybridized carbons (Fsp3) is 0.333. The molecule has 1 fully saturated rings. The summed E-state index contributed by atoms with van der Waals surface area (Å²) in [5.41, 5.74) is 0.706. The smallest absolute Gasteiger partial charge is 0.295 e. The van der Waals surface area contributed by atoms with Gasteiger partial charge in [-0.3, -0.25) is 9.59 Å². The number of halogens is 2. The molecule has 0 bridgehead atoms. The molecule has 0 spiro atoms. The molecule has 1 unspecified atom stereocenters. The zero-order valence-corrected chi connectivity index (χ0v) is 20.2. The number of benzene rings is 2. The first-order chi connectivity index (χ1) is 15.7. The lowest BCUT2D eigenvalue weighted by atomic mass is 9.95. The average molecular weight is 493 g/mol. The number of hydrogen-bond acceptors (Lipinski definition) is 6. The number of likely N-dealkylation sites (tertiary alicyclic amines) is 1. The number of phenolic OH excluding ortho intramolecular Hbond substituents is 1. The fourth-order valence-electron chi connectivity index (χ4n) is 3.95. The number of aliphatic hydroxyl groups is 1. The SMILES string of the molecule is CCN(CC)CCN1C(=O)C(=O)/C(=C(/O)c2cc(Cl)c(OC)c(Cl)c2)C1c1ccc(O)cc1. The van der Waals surface area contributed by atoms with E-state index in [0.29, 0.717) is 18.7 Å². The van der Waals surface area contributed by atoms with Crippen molar-refractivity contribution < 1.29 is 24.5 Å². The Hall–Kier alpha value is -2.74. The van der Waals surface area contributed by atoms with Crippen molar-refractivity contribution in [3.8, 4) is 11.5 Å². The molecule has 0 aliphatic carbocycles. The molecule has 7 nitrogen and oxygen atoms in total. The van der Waals surface area contributed by atoms with Crippen molar-refractivity contribution >= 4 is 40.7 Å². The van der Waals surface area contributed by atoms with E-state index in [4.69, 9.17) is 27.9 Å². The molecule has 0 aromatic heterocycles. The summed E-state index contributed by atoms with van der Waals surface area (Å²) in [6.45, 7) is 6.49. The maximum absolute atomic E-state index is 13.1. The number of Topliss-reactive ketones (excluding diaryl/α,β-unsaturated/α-hetero) is 1. The van der Waals surface area contributed by atoms with Gasteiger partial charge in [-0.1, -0.05) is 49.2 Å². The molecule has 3 rings (SSSR count). The molecule has 2 aromatic carbocycles. The molecular formula is C24H26Cl2N2O5. The van der Waals surface area contributed by atoms with E-state index >= 15 is 0 Å². The summed E-state index contributed by atoms with van der Waals surface area (Å²) in [5, 5.41) is 21.2. The van der Waals surface area contributed by atoms with Gasteiger partial charge in [0.25, 0.3) is 11.7 Å². The van der Waals surface area contributed by atoms with Crippen molar-refractivity contribution in [3.05, 3.63) is 63.1 Å². The zero-order chi connectivity index (χ0) is 24.3. The summed E-state index contributed by atoms with van der Waals surface area (Å²) in [6.07, 6.45) is 0. The van der Waals surface area contributed by atoms with Gasteiger partial charge in [0.05, 0.1) is 28.8 Å². The predicted octanol–water partition coefficient (Wildman–Crippen LogP) is 4.47. The molecule has 0 saturated carbocycles. The Kier molecular flexibility index (Phi) is 7.89. The summed E-state index contributed by atoms with van der Waals surface area (Å²) in [4.78, 5) is 29.7. The summed E-state index contributed by atoms with van der Waals surface area (Å²) in [5.74, 6) is -1.60. The van der Waals surface area contributed by atoms with Crippen LogP contribution in [0.2, 0.25) is 10.0 Å². The lowest BCUT2D eigenvalue weighted by Gasteiger charge is -2.28. The number of aromatic hydroxyl groups is 1. The molecule has 0 radical (unpaired) electrons. The predicted molar refractivity (Wildman–Crippen MR) is 128 cm³/mol. The van der Waals surface area contributed by atoms with Crippen LogP contribution in [0.25, 0.3) is 5.76 Å². The third kappa shape index (κ3) is 4.95. The molecule has 33 heavy (non-hydrogen) atoms. The molecule has 1 saturated heterocycles. The first-order valence-electron chi connectivity index (χ1n) is 10.6. The second kappa shape index (κ2) is 10.5. The maximum Gasteiger partial charge on any atom is 0.295 e. The van der Waals surface area contributed by atoms with Crippen LogP contribution in [0.1, 0.15) is 31.0 Å². The van der Waals surface area contributed by atoms with E-state index in [1.165, 1.54) is 36.3 Å². The van der Waals surface area contributed by atoms with E-state index in [-0.39, 0.29) is 38.4 Å². The highest BCUT2D eigenvalue weighted by Crippen LogP contribution is 2.42. The van der Waals surface area contributed by atoms with Gasteiger partial charge in [-0.05, 0) is 42.9 Å². The number of carbonyl (C=O) groups is 2. The number of hydrogen-bond donors (Lipinski definition) is 2. The summed E-state index contributed by atoms with van der Waals surface area (Å²) >= 11 is 12.5. The van der Waals surface area contributed by atoms with Crippen LogP contribution in [0.3, 0.4) is 0 Å². The number of ether oxygens (including phenoxy) is 1. The summed E-state index contributed by atoms with van der Waals surface area (Å²) in [7, 11) is 1.42. The zero-order valence-electron chi connectivity index (χ0n) is 18.6. The van der Waals surface area contributed by atoms with E-state index in [1.807, 2.05) is 13.8 Å². The third-order valence-electron chi connectivity index (χ3n) is 5.78. The van der Waals surface area contributed by atoms with Crippen LogP contribution < -0.4 is 4.74 Å².